The topological polar surface area (TPSA) is 179 Å². The zero-order valence-corrected chi connectivity index (χ0v) is 12.2. The van der Waals surface area contributed by atoms with Crippen molar-refractivity contribution in [1.29, 1.82) is 0 Å². The SMILES string of the molecule is CC(=O)O.CC(=O)O.Cc1c(N)c(N)cc(N)c1N.[Ar]. The molecule has 1 aromatic rings. The minimum atomic E-state index is -0.833. The Morgan fingerprint density at radius 3 is 1.30 bits per heavy atom. The first kappa shape index (κ1) is 23.7. The van der Waals surface area contributed by atoms with Crippen LogP contribution < -0.4 is 22.9 Å². The third-order valence-corrected chi connectivity index (χ3v) is 1.74. The van der Waals surface area contributed by atoms with Crippen LogP contribution in [0.1, 0.15) is 19.4 Å². The van der Waals surface area contributed by atoms with E-state index in [0.29, 0.717) is 22.7 Å². The van der Waals surface area contributed by atoms with Crippen molar-refractivity contribution in [3.63, 3.8) is 0 Å². The number of nitrogens with two attached hydrogens (primary N) is 4. The second kappa shape index (κ2) is 11.4. The summed E-state index contributed by atoms with van der Waals surface area (Å²) in [6.45, 7) is 3.96. The minimum absolute atomic E-state index is 0. The molecule has 0 aliphatic carbocycles. The molecule has 1 aromatic carbocycles. The molecule has 0 amide bonds. The second-order valence-corrected chi connectivity index (χ2v) is 3.55. The van der Waals surface area contributed by atoms with Gasteiger partial charge in [-0.25, -0.2) is 0 Å². The van der Waals surface area contributed by atoms with Crippen LogP contribution in [0.5, 0.6) is 0 Å². The maximum absolute atomic E-state index is 9.00. The molecule has 10 N–H and O–H groups in total. The Kier molecular flexibility index (Phi) is 13.6. The van der Waals surface area contributed by atoms with Crippen molar-refractivity contribution in [2.24, 2.45) is 0 Å². The monoisotopic (exact) mass is 312 g/mol. The van der Waals surface area contributed by atoms with Crippen molar-refractivity contribution in [2.75, 3.05) is 22.9 Å². The third-order valence-electron chi connectivity index (χ3n) is 1.74. The molecule has 0 bridgehead atoms. The van der Waals surface area contributed by atoms with Gasteiger partial charge in [0.2, 0.25) is 0 Å². The van der Waals surface area contributed by atoms with Crippen molar-refractivity contribution in [2.45, 2.75) is 20.8 Å². The summed E-state index contributed by atoms with van der Waals surface area (Å²) >= 11 is 0. The molecule has 116 valence electrons. The standard InChI is InChI=1S/C7H12N4.2C2H4O2.Ar/c1-3-6(10)4(8)2-5(9)7(3)11;2*1-2(3)4;/h2H,8-11H2,1H3;2*1H3,(H,3,4);. The third kappa shape index (κ3) is 11.7. The number of hydrogen-bond donors (Lipinski definition) is 6. The summed E-state index contributed by atoms with van der Waals surface area (Å²) < 4.78 is 0. The summed E-state index contributed by atoms with van der Waals surface area (Å²) in [6, 6.07) is 1.57. The molecule has 0 fully saturated rings. The molecule has 0 saturated carbocycles. The molecule has 9 heteroatoms. The van der Waals surface area contributed by atoms with E-state index < -0.39 is 11.9 Å². The molecule has 1 rings (SSSR count). The molecule has 0 unspecified atom stereocenters. The molecular formula is C11H20ArN4O4. The first-order valence-electron chi connectivity index (χ1n) is 5.09. The number of aliphatic carboxylic acids is 2. The Hall–Kier alpha value is -1.38. The molecule has 0 heterocycles. The molecule has 8 nitrogen and oxygen atoms in total. The van der Waals surface area contributed by atoms with Crippen LogP contribution in [-0.2, 0) is 9.59 Å². The van der Waals surface area contributed by atoms with E-state index in [9.17, 15) is 0 Å². The molecule has 0 radical (unpaired) electrons. The van der Waals surface area contributed by atoms with Crippen molar-refractivity contribution in [1.82, 2.24) is 0 Å². The number of carboxylic acid groups (broad SMARTS) is 2. The van der Waals surface area contributed by atoms with E-state index in [1.807, 2.05) is 0 Å². The Labute approximate surface area is 147 Å². The van der Waals surface area contributed by atoms with Gasteiger partial charge in [-0.15, -0.1) is 0 Å². The molecule has 0 aliphatic rings. The van der Waals surface area contributed by atoms with Crippen molar-refractivity contribution in [3.8, 4) is 0 Å². The van der Waals surface area contributed by atoms with Crippen LogP contribution in [0.3, 0.4) is 0 Å². The van der Waals surface area contributed by atoms with Gasteiger partial charge in [-0.05, 0) is 18.6 Å². The van der Waals surface area contributed by atoms with Gasteiger partial charge in [-0.3, -0.25) is 9.59 Å². The van der Waals surface area contributed by atoms with Gasteiger partial charge in [0.15, 0.2) is 0 Å². The summed E-state index contributed by atoms with van der Waals surface area (Å²) in [5.41, 5.74) is 25.0. The fraction of sp³-hybridized carbons (Fsp3) is 0.273. The van der Waals surface area contributed by atoms with Crippen LogP contribution >= 0.6 is 0 Å². The normalized spacial score (nSPS) is 7.95. The number of carbonyl (C=O) groups is 2. The van der Waals surface area contributed by atoms with Gasteiger partial charge in [-0.1, -0.05) is 0 Å². The minimum Gasteiger partial charge on any atom is -0.481 e. The average Bonchev–Trinajstić information content (AvgIpc) is 2.22. The predicted octanol–water partition coefficient (Wildman–Crippen LogP) is 0.506. The first-order chi connectivity index (χ1) is 8.50. The van der Waals surface area contributed by atoms with Gasteiger partial charge in [0.05, 0.1) is 22.7 Å². The van der Waals surface area contributed by atoms with Gasteiger partial charge >= 0.3 is 0 Å². The predicted molar refractivity (Wildman–Crippen MR) is 75.4 cm³/mol. The van der Waals surface area contributed by atoms with Gasteiger partial charge in [0.25, 0.3) is 11.9 Å². The summed E-state index contributed by atoms with van der Waals surface area (Å²) in [5, 5.41) is 14.8. The van der Waals surface area contributed by atoms with Crippen molar-refractivity contribution >= 4 is 34.7 Å². The molecule has 0 atom stereocenters. The van der Waals surface area contributed by atoms with Crippen LogP contribution in [0.2, 0.25) is 0 Å². The van der Waals surface area contributed by atoms with E-state index in [4.69, 9.17) is 42.7 Å². The fourth-order valence-electron chi connectivity index (χ4n) is 0.901. The van der Waals surface area contributed by atoms with E-state index in [0.717, 1.165) is 19.4 Å². The number of benzene rings is 1. The van der Waals surface area contributed by atoms with Crippen LogP contribution in [0.15, 0.2) is 6.07 Å². The zero-order valence-electron chi connectivity index (χ0n) is 11.5. The maximum atomic E-state index is 9.00. The van der Waals surface area contributed by atoms with Crippen LogP contribution in [0.25, 0.3) is 0 Å². The van der Waals surface area contributed by atoms with Crippen molar-refractivity contribution < 1.29 is 57.5 Å². The van der Waals surface area contributed by atoms with Gasteiger partial charge < -0.3 is 33.1 Å². The van der Waals surface area contributed by atoms with E-state index in [1.54, 1.807) is 13.0 Å². The Bertz CT molecular complexity index is 420. The van der Waals surface area contributed by atoms with Gasteiger partial charge in [0, 0.05) is 51.6 Å². The second-order valence-electron chi connectivity index (χ2n) is 3.55. The molecule has 0 saturated heterocycles. The molecule has 0 spiro atoms. The van der Waals surface area contributed by atoms with Crippen LogP contribution in [0, 0.1) is 44.7 Å². The van der Waals surface area contributed by atoms with Crippen LogP contribution in [-0.4, -0.2) is 22.2 Å². The number of rotatable bonds is 0. The number of carboxylic acids is 2. The summed E-state index contributed by atoms with van der Waals surface area (Å²) in [6.07, 6.45) is 0. The number of nitrogen functional groups attached to an aromatic ring is 4. The summed E-state index contributed by atoms with van der Waals surface area (Å²) in [5.74, 6) is -1.67. The van der Waals surface area contributed by atoms with E-state index >= 15 is 0 Å². The summed E-state index contributed by atoms with van der Waals surface area (Å²) in [7, 11) is 0. The van der Waals surface area contributed by atoms with Crippen molar-refractivity contribution in [3.05, 3.63) is 11.6 Å². The van der Waals surface area contributed by atoms with E-state index in [2.05, 4.69) is 0 Å². The maximum Gasteiger partial charge on any atom is 0.300 e. The zero-order chi connectivity index (χ0) is 15.7. The smallest absolute Gasteiger partial charge is 0.300 e. The number of hydrogen-bond acceptors (Lipinski definition) is 6. The van der Waals surface area contributed by atoms with E-state index in [-0.39, 0.29) is 37.7 Å². The Balaban J connectivity index is -0.000000272. The molecular weight excluding hydrogens is 292 g/mol. The molecule has 20 heavy (non-hydrogen) atoms. The average molecular weight is 312 g/mol. The molecule has 0 aromatic heterocycles. The Morgan fingerprint density at radius 1 is 0.900 bits per heavy atom. The quantitative estimate of drug-likeness (QED) is 0.375. The van der Waals surface area contributed by atoms with Gasteiger partial charge in [0.1, 0.15) is 0 Å². The first-order valence-corrected chi connectivity index (χ1v) is 5.09. The Morgan fingerprint density at radius 2 is 1.10 bits per heavy atom. The fourth-order valence-corrected chi connectivity index (χ4v) is 0.901. The molecule has 0 aliphatic heterocycles. The number of anilines is 4. The van der Waals surface area contributed by atoms with Gasteiger partial charge in [-0.2, -0.15) is 0 Å². The van der Waals surface area contributed by atoms with Crippen LogP contribution in [0.4, 0.5) is 22.7 Å². The summed E-state index contributed by atoms with van der Waals surface area (Å²) in [4.78, 5) is 18.0. The largest absolute Gasteiger partial charge is 0.481 e. The van der Waals surface area contributed by atoms with E-state index in [1.165, 1.54) is 0 Å².